The molecule has 0 aliphatic carbocycles. The lowest BCUT2D eigenvalue weighted by molar-refractivity contribution is 0.219. The molecule has 0 spiro atoms. The standard InChI is InChI=1S/C38H44N2O2S.BrH/c1-5-36(38(39,6-2)26-31-22-28(3)21-29(4)23-31)19-20-40(27-30-15-16-32-11-7-9-13-34(32)24-30)43(41,42)37-18-17-33-12-8-10-14-35(33)25-37;/h7-18,21-25,36H,5-6,19-20,26-27,39H2,1-4H3;1H. The van der Waals surface area contributed by atoms with Crippen LogP contribution in [0, 0.1) is 19.8 Å². The van der Waals surface area contributed by atoms with Gasteiger partial charge in [-0.3, -0.25) is 0 Å². The highest BCUT2D eigenvalue weighted by molar-refractivity contribution is 8.93. The highest BCUT2D eigenvalue weighted by Crippen LogP contribution is 2.32. The summed E-state index contributed by atoms with van der Waals surface area (Å²) >= 11 is 0. The van der Waals surface area contributed by atoms with Crippen LogP contribution in [0.15, 0.2) is 108 Å². The van der Waals surface area contributed by atoms with E-state index in [1.54, 1.807) is 16.4 Å². The number of halogens is 1. The summed E-state index contributed by atoms with van der Waals surface area (Å²) in [6.45, 7) is 9.28. The smallest absolute Gasteiger partial charge is 0.243 e. The van der Waals surface area contributed by atoms with Crippen molar-refractivity contribution in [1.82, 2.24) is 4.31 Å². The highest BCUT2D eigenvalue weighted by atomic mass is 79.9. The number of hydrogen-bond acceptors (Lipinski definition) is 3. The van der Waals surface area contributed by atoms with Crippen LogP contribution in [0.5, 0.6) is 0 Å². The molecule has 2 atom stereocenters. The van der Waals surface area contributed by atoms with Gasteiger partial charge in [0.1, 0.15) is 0 Å². The Hall–Kier alpha value is -3.03. The molecule has 6 heteroatoms. The Kier molecular flexibility index (Phi) is 11.1. The number of hydrogen-bond donors (Lipinski definition) is 1. The van der Waals surface area contributed by atoms with Crippen LogP contribution in [0.2, 0.25) is 0 Å². The van der Waals surface area contributed by atoms with Gasteiger partial charge in [0.2, 0.25) is 10.0 Å². The summed E-state index contributed by atoms with van der Waals surface area (Å²) in [7, 11) is -3.78. The zero-order chi connectivity index (χ0) is 30.6. The monoisotopic (exact) mass is 672 g/mol. The van der Waals surface area contributed by atoms with Crippen molar-refractivity contribution in [2.24, 2.45) is 11.7 Å². The van der Waals surface area contributed by atoms with Crippen molar-refractivity contribution in [3.63, 3.8) is 0 Å². The lowest BCUT2D eigenvalue weighted by atomic mass is 9.74. The zero-order valence-corrected chi connectivity index (χ0v) is 28.8. The van der Waals surface area contributed by atoms with E-state index in [4.69, 9.17) is 5.73 Å². The molecule has 0 saturated heterocycles. The molecule has 44 heavy (non-hydrogen) atoms. The van der Waals surface area contributed by atoms with Gasteiger partial charge in [-0.15, -0.1) is 17.0 Å². The lowest BCUT2D eigenvalue weighted by Gasteiger charge is -2.38. The second-order valence-electron chi connectivity index (χ2n) is 12.2. The molecule has 2 unspecified atom stereocenters. The first-order chi connectivity index (χ1) is 20.6. The fourth-order valence-electron chi connectivity index (χ4n) is 6.61. The molecule has 0 aliphatic heterocycles. The van der Waals surface area contributed by atoms with Crippen LogP contribution in [0.1, 0.15) is 55.4 Å². The van der Waals surface area contributed by atoms with Crippen molar-refractivity contribution in [1.29, 1.82) is 0 Å². The van der Waals surface area contributed by atoms with Crippen LogP contribution in [0.3, 0.4) is 0 Å². The van der Waals surface area contributed by atoms with Gasteiger partial charge in [0.05, 0.1) is 4.90 Å². The molecule has 0 amide bonds. The molecule has 2 N–H and O–H groups in total. The summed E-state index contributed by atoms with van der Waals surface area (Å²) in [4.78, 5) is 0.324. The molecule has 0 bridgehead atoms. The normalized spacial score (nSPS) is 14.0. The minimum Gasteiger partial charge on any atom is -0.325 e. The first kappa shape index (κ1) is 33.9. The van der Waals surface area contributed by atoms with Gasteiger partial charge >= 0.3 is 0 Å². The van der Waals surface area contributed by atoms with Gasteiger partial charge in [-0.1, -0.05) is 116 Å². The Balaban J connectivity index is 0.00000442. The van der Waals surface area contributed by atoms with Crippen molar-refractivity contribution in [2.75, 3.05) is 6.54 Å². The van der Waals surface area contributed by atoms with Gasteiger partial charge in [-0.2, -0.15) is 4.31 Å². The van der Waals surface area contributed by atoms with E-state index in [1.807, 2.05) is 48.5 Å². The number of fused-ring (bicyclic) bond motifs is 2. The van der Waals surface area contributed by atoms with Crippen molar-refractivity contribution in [2.45, 2.75) is 70.4 Å². The van der Waals surface area contributed by atoms with E-state index in [9.17, 15) is 8.42 Å². The predicted molar refractivity (Wildman–Crippen MR) is 191 cm³/mol. The van der Waals surface area contributed by atoms with Crippen LogP contribution in [0.25, 0.3) is 21.5 Å². The average molecular weight is 674 g/mol. The molecular formula is C38H45BrN2O2S. The van der Waals surface area contributed by atoms with E-state index in [0.717, 1.165) is 46.4 Å². The largest absolute Gasteiger partial charge is 0.325 e. The fourth-order valence-corrected chi connectivity index (χ4v) is 8.09. The molecule has 0 aromatic heterocycles. The van der Waals surface area contributed by atoms with Crippen LogP contribution in [0.4, 0.5) is 0 Å². The van der Waals surface area contributed by atoms with E-state index in [0.29, 0.717) is 24.4 Å². The van der Waals surface area contributed by atoms with Gasteiger partial charge in [0.25, 0.3) is 0 Å². The summed E-state index contributed by atoms with van der Waals surface area (Å²) < 4.78 is 30.3. The molecule has 0 saturated carbocycles. The Bertz CT molecular complexity index is 1820. The first-order valence-electron chi connectivity index (χ1n) is 15.4. The van der Waals surface area contributed by atoms with Crippen molar-refractivity contribution in [3.8, 4) is 0 Å². The van der Waals surface area contributed by atoms with Gasteiger partial charge in [0.15, 0.2) is 0 Å². The SMILES string of the molecule is Br.CCC(CCN(Cc1ccc2ccccc2c1)S(=O)(=O)c1ccc2ccccc2c1)C(N)(CC)Cc1cc(C)cc(C)c1. The van der Waals surface area contributed by atoms with E-state index in [2.05, 4.69) is 70.2 Å². The van der Waals surface area contributed by atoms with Gasteiger partial charge in [-0.25, -0.2) is 8.42 Å². The maximum atomic E-state index is 14.3. The summed E-state index contributed by atoms with van der Waals surface area (Å²) in [5, 5.41) is 4.19. The van der Waals surface area contributed by atoms with Gasteiger partial charge < -0.3 is 5.73 Å². The topological polar surface area (TPSA) is 63.4 Å². The summed E-state index contributed by atoms with van der Waals surface area (Å²) in [6, 6.07) is 34.4. The van der Waals surface area contributed by atoms with Crippen LogP contribution in [-0.4, -0.2) is 24.8 Å². The quantitative estimate of drug-likeness (QED) is 0.144. The van der Waals surface area contributed by atoms with Crippen molar-refractivity contribution < 1.29 is 8.42 Å². The van der Waals surface area contributed by atoms with Gasteiger partial charge in [0, 0.05) is 18.6 Å². The fraction of sp³-hybridized carbons (Fsp3) is 0.316. The van der Waals surface area contributed by atoms with Crippen molar-refractivity contribution in [3.05, 3.63) is 125 Å². The number of sulfonamides is 1. The number of rotatable bonds is 12. The number of benzene rings is 5. The molecule has 0 aliphatic rings. The first-order valence-corrected chi connectivity index (χ1v) is 16.9. The van der Waals surface area contributed by atoms with Crippen LogP contribution in [-0.2, 0) is 23.0 Å². The molecule has 0 fully saturated rings. The second kappa shape index (κ2) is 14.4. The number of aryl methyl sites for hydroxylation is 2. The van der Waals surface area contributed by atoms with Crippen LogP contribution < -0.4 is 5.73 Å². The molecular weight excluding hydrogens is 628 g/mol. The van der Waals surface area contributed by atoms with Crippen LogP contribution >= 0.6 is 17.0 Å². The molecule has 4 nitrogen and oxygen atoms in total. The zero-order valence-electron chi connectivity index (χ0n) is 26.3. The molecule has 0 radical (unpaired) electrons. The van der Waals surface area contributed by atoms with E-state index < -0.39 is 15.6 Å². The minimum atomic E-state index is -3.78. The summed E-state index contributed by atoms with van der Waals surface area (Å²) in [6.07, 6.45) is 3.16. The van der Waals surface area contributed by atoms with Crippen molar-refractivity contribution >= 4 is 48.5 Å². The molecule has 5 aromatic rings. The molecule has 0 heterocycles. The van der Waals surface area contributed by atoms with E-state index in [1.165, 1.54) is 16.7 Å². The molecule has 5 aromatic carbocycles. The minimum absolute atomic E-state index is 0. The third-order valence-corrected chi connectivity index (χ3v) is 10.9. The van der Waals surface area contributed by atoms with Gasteiger partial charge in [-0.05, 0) is 89.9 Å². The maximum Gasteiger partial charge on any atom is 0.243 e. The Labute approximate surface area is 274 Å². The predicted octanol–water partition coefficient (Wildman–Crippen LogP) is 9.15. The molecule has 5 rings (SSSR count). The number of nitrogens with zero attached hydrogens (tertiary/aromatic N) is 1. The molecule has 232 valence electrons. The maximum absolute atomic E-state index is 14.3. The Morgan fingerprint density at radius 2 is 1.30 bits per heavy atom. The lowest BCUT2D eigenvalue weighted by Crippen LogP contribution is -2.49. The third-order valence-electron chi connectivity index (χ3n) is 9.04. The average Bonchev–Trinajstić information content (AvgIpc) is 2.99. The Morgan fingerprint density at radius 3 is 1.89 bits per heavy atom. The van der Waals surface area contributed by atoms with E-state index >= 15 is 0 Å². The second-order valence-corrected chi connectivity index (χ2v) is 14.1. The highest BCUT2D eigenvalue weighted by Gasteiger charge is 2.34. The Morgan fingerprint density at radius 1 is 0.727 bits per heavy atom. The van der Waals surface area contributed by atoms with E-state index in [-0.39, 0.29) is 22.9 Å². The summed E-state index contributed by atoms with van der Waals surface area (Å²) in [5.74, 6) is 0.157. The third kappa shape index (κ3) is 7.60. The summed E-state index contributed by atoms with van der Waals surface area (Å²) in [5.41, 5.74) is 11.5. The number of nitrogens with two attached hydrogens (primary N) is 1.